The molecule has 2 heterocycles. The molecule has 2 aromatic heterocycles. The van der Waals surface area contributed by atoms with Gasteiger partial charge in [0.25, 0.3) is 5.56 Å². The second-order valence-corrected chi connectivity index (χ2v) is 5.63. The van der Waals surface area contributed by atoms with Crippen LogP contribution in [0.2, 0.25) is 0 Å². The molecule has 0 radical (unpaired) electrons. The van der Waals surface area contributed by atoms with Gasteiger partial charge in [0.2, 0.25) is 0 Å². The zero-order chi connectivity index (χ0) is 13.6. The van der Waals surface area contributed by atoms with Crippen LogP contribution in [0.3, 0.4) is 0 Å². The molecule has 0 saturated carbocycles. The smallest absolute Gasteiger partial charge is 0.270 e. The third-order valence-corrected chi connectivity index (χ3v) is 4.01. The summed E-state index contributed by atoms with van der Waals surface area (Å²) in [4.78, 5) is 18.8. The first-order valence-electron chi connectivity index (χ1n) is 5.44. The summed E-state index contributed by atoms with van der Waals surface area (Å²) >= 11 is 6.46. The van der Waals surface area contributed by atoms with E-state index >= 15 is 0 Å². The Labute approximate surface area is 116 Å². The highest BCUT2D eigenvalue weighted by atomic mass is 32.1. The summed E-state index contributed by atoms with van der Waals surface area (Å²) in [6.07, 6.45) is 0. The molecule has 0 aliphatic heterocycles. The van der Waals surface area contributed by atoms with Crippen LogP contribution < -0.4 is 5.56 Å². The van der Waals surface area contributed by atoms with E-state index in [4.69, 9.17) is 12.2 Å². The zero-order valence-electron chi connectivity index (χ0n) is 9.81. The third-order valence-electron chi connectivity index (χ3n) is 2.65. The number of aromatic amines is 1. The average Bonchev–Trinajstić information content (AvgIpc) is 2.67. The molecule has 7 heteroatoms. The highest BCUT2D eigenvalue weighted by molar-refractivity contribution is 7.73. The van der Waals surface area contributed by atoms with Gasteiger partial charge in [0.1, 0.15) is 16.3 Å². The van der Waals surface area contributed by atoms with Crippen LogP contribution in [-0.2, 0) is 0 Å². The number of fused-ring (bicyclic) bond motifs is 1. The van der Waals surface area contributed by atoms with Crippen molar-refractivity contribution in [3.63, 3.8) is 0 Å². The van der Waals surface area contributed by atoms with Gasteiger partial charge in [-0.15, -0.1) is 0 Å². The Morgan fingerprint density at radius 3 is 2.74 bits per heavy atom. The number of hydrogen-bond acceptors (Lipinski definition) is 4. The minimum Gasteiger partial charge on any atom is -0.309 e. The molecular formula is C12H8FN3OS2. The Balaban J connectivity index is 2.41. The maximum absolute atomic E-state index is 13.0. The molecule has 19 heavy (non-hydrogen) atoms. The van der Waals surface area contributed by atoms with E-state index in [-0.39, 0.29) is 11.4 Å². The zero-order valence-corrected chi connectivity index (χ0v) is 11.4. The van der Waals surface area contributed by atoms with Crippen molar-refractivity contribution in [2.24, 2.45) is 0 Å². The van der Waals surface area contributed by atoms with Gasteiger partial charge in [0, 0.05) is 5.69 Å². The lowest BCUT2D eigenvalue weighted by Gasteiger charge is -2.04. The number of aromatic nitrogens is 3. The Hall–Kier alpha value is -1.86. The van der Waals surface area contributed by atoms with Crippen LogP contribution in [-0.4, -0.2) is 14.5 Å². The maximum atomic E-state index is 13.0. The van der Waals surface area contributed by atoms with E-state index in [9.17, 15) is 9.18 Å². The molecular weight excluding hydrogens is 285 g/mol. The van der Waals surface area contributed by atoms with Gasteiger partial charge in [0.05, 0.1) is 0 Å². The van der Waals surface area contributed by atoms with Crippen molar-refractivity contribution in [1.29, 1.82) is 0 Å². The molecule has 0 atom stereocenters. The molecule has 3 aromatic rings. The van der Waals surface area contributed by atoms with Crippen molar-refractivity contribution in [3.05, 3.63) is 50.2 Å². The van der Waals surface area contributed by atoms with E-state index in [1.54, 1.807) is 23.6 Å². The molecule has 0 unspecified atom stereocenters. The summed E-state index contributed by atoms with van der Waals surface area (Å²) < 4.78 is 15.6. The van der Waals surface area contributed by atoms with Crippen molar-refractivity contribution >= 4 is 33.9 Å². The van der Waals surface area contributed by atoms with Crippen LogP contribution in [0.5, 0.6) is 0 Å². The van der Waals surface area contributed by atoms with Gasteiger partial charge in [-0.25, -0.2) is 9.37 Å². The first kappa shape index (κ1) is 12.2. The van der Waals surface area contributed by atoms with E-state index in [2.05, 4.69) is 9.97 Å². The van der Waals surface area contributed by atoms with E-state index < -0.39 is 0 Å². The highest BCUT2D eigenvalue weighted by Crippen LogP contribution is 2.22. The molecule has 3 rings (SSSR count). The van der Waals surface area contributed by atoms with Crippen LogP contribution in [0.15, 0.2) is 29.1 Å². The number of halogens is 1. The number of rotatable bonds is 1. The van der Waals surface area contributed by atoms with Crippen LogP contribution >= 0.6 is 23.6 Å². The molecule has 0 amide bonds. The van der Waals surface area contributed by atoms with Crippen molar-refractivity contribution in [2.75, 3.05) is 0 Å². The van der Waals surface area contributed by atoms with Gasteiger partial charge in [0.15, 0.2) is 9.60 Å². The van der Waals surface area contributed by atoms with Crippen molar-refractivity contribution in [2.45, 2.75) is 6.92 Å². The van der Waals surface area contributed by atoms with E-state index in [1.807, 2.05) is 0 Å². The second-order valence-electron chi connectivity index (χ2n) is 3.98. The lowest BCUT2D eigenvalue weighted by atomic mass is 10.3. The van der Waals surface area contributed by atoms with Crippen molar-refractivity contribution in [3.8, 4) is 5.69 Å². The largest absolute Gasteiger partial charge is 0.309 e. The first-order valence-corrected chi connectivity index (χ1v) is 6.67. The Bertz CT molecular complexity index is 877. The molecule has 0 saturated heterocycles. The van der Waals surface area contributed by atoms with Crippen LogP contribution in [0.1, 0.15) is 5.82 Å². The summed E-state index contributed by atoms with van der Waals surface area (Å²) in [5, 5.41) is 0. The Kier molecular flexibility index (Phi) is 2.79. The molecule has 0 aliphatic rings. The average molecular weight is 293 g/mol. The fourth-order valence-corrected chi connectivity index (χ4v) is 3.11. The Morgan fingerprint density at radius 1 is 1.37 bits per heavy atom. The molecule has 96 valence electrons. The number of aryl methyl sites for hydroxylation is 1. The van der Waals surface area contributed by atoms with Crippen molar-refractivity contribution in [1.82, 2.24) is 14.5 Å². The molecule has 4 nitrogen and oxygen atoms in total. The van der Waals surface area contributed by atoms with Gasteiger partial charge in [-0.1, -0.05) is 11.3 Å². The van der Waals surface area contributed by atoms with Gasteiger partial charge in [-0.2, -0.15) is 0 Å². The van der Waals surface area contributed by atoms with E-state index in [0.717, 1.165) is 0 Å². The van der Waals surface area contributed by atoms with Gasteiger partial charge >= 0.3 is 0 Å². The summed E-state index contributed by atoms with van der Waals surface area (Å²) in [5.74, 6) is 0.193. The van der Waals surface area contributed by atoms with Crippen molar-refractivity contribution < 1.29 is 4.39 Å². The molecule has 1 N–H and O–H groups in total. The normalized spacial score (nSPS) is 11.1. The quantitative estimate of drug-likeness (QED) is 0.702. The Morgan fingerprint density at radius 2 is 2.05 bits per heavy atom. The lowest BCUT2D eigenvalue weighted by Crippen LogP contribution is -2.09. The standard InChI is InChI=1S/C12H8FN3OS2/c1-6-14-10-9(11(17)15-6)19-12(18)16(10)8-4-2-7(13)3-5-8/h2-5H,1H3,(H,14,15,17). The minimum absolute atomic E-state index is 0.209. The number of thiazole rings is 1. The predicted octanol–water partition coefficient (Wildman–Crippen LogP) is 2.95. The molecule has 0 aliphatic carbocycles. The number of hydrogen-bond donors (Lipinski definition) is 1. The minimum atomic E-state index is -0.322. The number of H-pyrrole nitrogens is 1. The van der Waals surface area contributed by atoms with Crippen LogP contribution in [0.25, 0.3) is 16.0 Å². The van der Waals surface area contributed by atoms with E-state index in [1.165, 1.54) is 23.5 Å². The van der Waals surface area contributed by atoms with Gasteiger partial charge < -0.3 is 4.98 Å². The molecule has 0 fully saturated rings. The van der Waals surface area contributed by atoms with E-state index in [0.29, 0.717) is 25.8 Å². The fourth-order valence-electron chi connectivity index (χ4n) is 1.84. The summed E-state index contributed by atoms with van der Waals surface area (Å²) in [5.41, 5.74) is 0.984. The summed E-state index contributed by atoms with van der Waals surface area (Å²) in [7, 11) is 0. The SMILES string of the molecule is Cc1nc2c(sc(=S)n2-c2ccc(F)cc2)c(=O)[nH]1. The first-order chi connectivity index (χ1) is 9.06. The molecule has 0 bridgehead atoms. The summed E-state index contributed by atoms with van der Waals surface area (Å²) in [6.45, 7) is 1.70. The third kappa shape index (κ3) is 2.00. The topological polar surface area (TPSA) is 50.7 Å². The number of benzene rings is 1. The predicted molar refractivity (Wildman–Crippen MR) is 75.1 cm³/mol. The number of nitrogens with zero attached hydrogens (tertiary/aromatic N) is 2. The summed E-state index contributed by atoms with van der Waals surface area (Å²) in [6, 6.07) is 5.91. The monoisotopic (exact) mass is 293 g/mol. The van der Waals surface area contributed by atoms with Crippen LogP contribution in [0, 0.1) is 16.7 Å². The highest BCUT2D eigenvalue weighted by Gasteiger charge is 2.12. The number of nitrogens with one attached hydrogen (secondary N) is 1. The second kappa shape index (κ2) is 4.36. The molecule has 1 aromatic carbocycles. The molecule has 0 spiro atoms. The van der Waals surface area contributed by atoms with Gasteiger partial charge in [-0.05, 0) is 43.4 Å². The van der Waals surface area contributed by atoms with Gasteiger partial charge in [-0.3, -0.25) is 9.36 Å². The lowest BCUT2D eigenvalue weighted by molar-refractivity contribution is 0.627. The fraction of sp³-hybridized carbons (Fsp3) is 0.0833. The maximum Gasteiger partial charge on any atom is 0.270 e. The van der Waals surface area contributed by atoms with Crippen LogP contribution in [0.4, 0.5) is 4.39 Å².